The van der Waals surface area contributed by atoms with Gasteiger partial charge in [-0.15, -0.1) is 6.58 Å². The second-order valence-electron chi connectivity index (χ2n) is 20.2. The molecule has 3 N–H and O–H groups in total. The summed E-state index contributed by atoms with van der Waals surface area (Å²) in [6.07, 6.45) is 22.9. The van der Waals surface area contributed by atoms with E-state index in [1.54, 1.807) is 35.3 Å². The van der Waals surface area contributed by atoms with E-state index in [4.69, 9.17) is 24.2 Å². The molecule has 4 aromatic rings. The largest absolute Gasteiger partial charge is 0.459 e. The number of oxime groups is 1. The van der Waals surface area contributed by atoms with E-state index in [9.17, 15) is 25.1 Å². The molecule has 1 fully saturated rings. The van der Waals surface area contributed by atoms with Gasteiger partial charge < -0.3 is 39.5 Å². The zero-order valence-electron chi connectivity index (χ0n) is 44.0. The van der Waals surface area contributed by atoms with Crippen LogP contribution in [-0.2, 0) is 20.9 Å². The minimum Gasteiger partial charge on any atom is -0.459 e. The van der Waals surface area contributed by atoms with Crippen molar-refractivity contribution in [3.63, 3.8) is 0 Å². The molecular formula is C61H78N4O10. The molecule has 402 valence electrons. The van der Waals surface area contributed by atoms with Crippen LogP contribution in [-0.4, -0.2) is 83.1 Å². The van der Waals surface area contributed by atoms with Gasteiger partial charge in [0.25, 0.3) is 5.69 Å². The van der Waals surface area contributed by atoms with E-state index in [2.05, 4.69) is 24.9 Å². The Morgan fingerprint density at radius 3 is 2.31 bits per heavy atom. The summed E-state index contributed by atoms with van der Waals surface area (Å²) < 4.78 is 20.7. The number of non-ortho nitro benzene ring substituents is 1. The van der Waals surface area contributed by atoms with Crippen molar-refractivity contribution >= 4 is 40.2 Å². The van der Waals surface area contributed by atoms with Crippen LogP contribution >= 0.6 is 0 Å². The molecule has 2 amide bonds. The van der Waals surface area contributed by atoms with E-state index in [-0.39, 0.29) is 62.1 Å². The Bertz CT molecular complexity index is 2610. The van der Waals surface area contributed by atoms with Gasteiger partial charge in [-0.1, -0.05) is 137 Å². The minimum absolute atomic E-state index is 0.000123. The van der Waals surface area contributed by atoms with Crippen molar-refractivity contribution in [2.24, 2.45) is 22.9 Å². The molecule has 3 aliphatic rings. The normalized spacial score (nSPS) is 21.2. The molecule has 14 nitrogen and oxygen atoms in total. The number of nitrogens with one attached hydrogen (secondary N) is 1. The topological polar surface area (TPSA) is 182 Å². The standard InChI is InChI=1S/C61H78N4O10/c1-4-6-7-8-9-10-11-12-13-18-36-62-60(69)74-49-33-34-55-53(41-49)58-51(27-17-20-38-67)46(23-16-19-37-66)40-52-54(63-72-3)42-56(61(75-55,59(52)58)73-39-5-2)64(43-47-25-21-24-45-22-14-15-26-50(45)47)57(68)35-30-44-28-31-48(32-29-44)65(70)71/h5,14-15,21-22,24-26,28-35,40-41,46,51,56,58-59,66-67H,2,4,6-13,16-20,23,27,36-39,42-43H2,1,3H3,(H,62,69). The fourth-order valence-corrected chi connectivity index (χ4v) is 11.7. The van der Waals surface area contributed by atoms with Gasteiger partial charge in [-0.3, -0.25) is 14.9 Å². The summed E-state index contributed by atoms with van der Waals surface area (Å²) in [5, 5.41) is 41.3. The number of hydrogen-bond acceptors (Lipinski definition) is 11. The van der Waals surface area contributed by atoms with Gasteiger partial charge in [0, 0.05) is 62.4 Å². The number of fused-ring (bicyclic) bond motifs is 3. The lowest BCUT2D eigenvalue weighted by Gasteiger charge is -2.60. The Morgan fingerprint density at radius 2 is 1.60 bits per heavy atom. The second-order valence-corrected chi connectivity index (χ2v) is 20.2. The number of rotatable bonds is 30. The smallest absolute Gasteiger partial charge is 0.412 e. The molecule has 0 aromatic heterocycles. The lowest BCUT2D eigenvalue weighted by atomic mass is 9.55. The predicted molar refractivity (Wildman–Crippen MR) is 294 cm³/mol. The van der Waals surface area contributed by atoms with Crippen LogP contribution in [0.25, 0.3) is 16.8 Å². The van der Waals surface area contributed by atoms with Crippen molar-refractivity contribution in [1.29, 1.82) is 0 Å². The average Bonchev–Trinajstić information content (AvgIpc) is 3.45. The van der Waals surface area contributed by atoms with Gasteiger partial charge in [-0.2, -0.15) is 0 Å². The molecule has 6 atom stereocenters. The van der Waals surface area contributed by atoms with Crippen LogP contribution < -0.4 is 14.8 Å². The number of allylic oxidation sites excluding steroid dienone is 1. The van der Waals surface area contributed by atoms with E-state index < -0.39 is 28.8 Å². The fraction of sp³-hybridized carbons (Fsp3) is 0.492. The number of ether oxygens (including phenoxy) is 3. The first-order valence-corrected chi connectivity index (χ1v) is 27.4. The van der Waals surface area contributed by atoms with E-state index in [1.165, 1.54) is 70.3 Å². The minimum atomic E-state index is -1.55. The zero-order valence-corrected chi connectivity index (χ0v) is 44.0. The maximum absolute atomic E-state index is 15.4. The number of carbonyl (C=O) groups is 2. The molecule has 7 rings (SSSR count). The van der Waals surface area contributed by atoms with Crippen LogP contribution in [0.2, 0.25) is 0 Å². The number of nitro benzene ring substituents is 1. The number of carbonyl (C=O) groups excluding carboxylic acids is 2. The SMILES string of the molecule is C=CCOC12Oc3ccc(OC(=O)NCCCCCCCCCCCC)cc3C3C(CCCCO)C(CCCCO)C=C(C(=NOC)CC1N(Cc1cccc4ccccc14)C(=O)C=Cc1ccc([N+](=O)[O-])cc1)C32. The van der Waals surface area contributed by atoms with E-state index in [0.717, 1.165) is 72.4 Å². The maximum atomic E-state index is 15.4. The Hall–Kier alpha value is -6.35. The van der Waals surface area contributed by atoms with Gasteiger partial charge in [-0.25, -0.2) is 4.79 Å². The van der Waals surface area contributed by atoms with Crippen molar-refractivity contribution in [1.82, 2.24) is 10.2 Å². The Labute approximate surface area is 443 Å². The quantitative estimate of drug-likeness (QED) is 0.0149. The number of aliphatic hydroxyl groups excluding tert-OH is 2. The zero-order chi connectivity index (χ0) is 53.0. The Balaban J connectivity index is 1.30. The number of nitro groups is 1. The molecule has 1 heterocycles. The van der Waals surface area contributed by atoms with Gasteiger partial charge in [0.15, 0.2) is 0 Å². The first-order valence-electron chi connectivity index (χ1n) is 27.4. The molecule has 0 spiro atoms. The lowest BCUT2D eigenvalue weighted by Crippen LogP contribution is -2.70. The molecule has 1 saturated carbocycles. The highest BCUT2D eigenvalue weighted by molar-refractivity contribution is 6.03. The van der Waals surface area contributed by atoms with Crippen molar-refractivity contribution < 1.29 is 43.8 Å². The lowest BCUT2D eigenvalue weighted by molar-refractivity contribution is -0.384. The summed E-state index contributed by atoms with van der Waals surface area (Å²) in [5.41, 5.74) is 3.78. The third kappa shape index (κ3) is 14.3. The number of unbranched alkanes of at least 4 members (excludes halogenated alkanes) is 11. The molecule has 0 saturated heterocycles. The highest BCUT2D eigenvalue weighted by atomic mass is 16.7. The third-order valence-electron chi connectivity index (χ3n) is 15.3. The molecule has 2 aliphatic carbocycles. The third-order valence-corrected chi connectivity index (χ3v) is 15.3. The predicted octanol–water partition coefficient (Wildman–Crippen LogP) is 12.8. The summed E-state index contributed by atoms with van der Waals surface area (Å²) in [6.45, 7) is 7.14. The van der Waals surface area contributed by atoms with Crippen molar-refractivity contribution in [3.05, 3.63) is 142 Å². The number of benzene rings is 4. The monoisotopic (exact) mass is 1030 g/mol. The average molecular weight is 1030 g/mol. The van der Waals surface area contributed by atoms with Crippen molar-refractivity contribution in [2.45, 2.75) is 140 Å². The van der Waals surface area contributed by atoms with E-state index in [0.29, 0.717) is 42.2 Å². The summed E-state index contributed by atoms with van der Waals surface area (Å²) in [7, 11) is 1.51. The van der Waals surface area contributed by atoms with Crippen LogP contribution in [0, 0.1) is 27.9 Å². The van der Waals surface area contributed by atoms with Gasteiger partial charge in [-0.05, 0) is 108 Å². The van der Waals surface area contributed by atoms with E-state index in [1.807, 2.05) is 54.6 Å². The summed E-state index contributed by atoms with van der Waals surface area (Å²) in [5.74, 6) is -2.00. The molecular weight excluding hydrogens is 949 g/mol. The van der Waals surface area contributed by atoms with Gasteiger partial charge in [0.1, 0.15) is 24.7 Å². The van der Waals surface area contributed by atoms with Crippen LogP contribution in [0.1, 0.15) is 139 Å². The van der Waals surface area contributed by atoms with Crippen molar-refractivity contribution in [2.75, 3.05) is 33.5 Å². The summed E-state index contributed by atoms with van der Waals surface area (Å²) >= 11 is 0. The van der Waals surface area contributed by atoms with Gasteiger partial charge in [0.05, 0.1) is 23.2 Å². The number of hydrogen-bond donors (Lipinski definition) is 3. The molecule has 0 radical (unpaired) electrons. The van der Waals surface area contributed by atoms with Gasteiger partial charge >= 0.3 is 6.09 Å². The van der Waals surface area contributed by atoms with Crippen LogP contribution in [0.3, 0.4) is 0 Å². The molecule has 75 heavy (non-hydrogen) atoms. The van der Waals surface area contributed by atoms with Crippen molar-refractivity contribution in [3.8, 4) is 11.5 Å². The first-order chi connectivity index (χ1) is 36.7. The first kappa shape index (κ1) is 56.4. The highest BCUT2D eigenvalue weighted by Gasteiger charge is 2.65. The molecule has 0 bridgehead atoms. The maximum Gasteiger partial charge on any atom is 0.412 e. The number of aliphatic hydroxyl groups is 2. The second kappa shape index (κ2) is 28.5. The number of nitrogens with zero attached hydrogens (tertiary/aromatic N) is 3. The van der Waals surface area contributed by atoms with Gasteiger partial charge in [0.2, 0.25) is 11.7 Å². The molecule has 4 aromatic carbocycles. The molecule has 14 heteroatoms. The summed E-state index contributed by atoms with van der Waals surface area (Å²) in [4.78, 5) is 47.3. The Kier molecular flexibility index (Phi) is 21.4. The fourth-order valence-electron chi connectivity index (χ4n) is 11.7. The Morgan fingerprint density at radius 1 is 0.893 bits per heavy atom. The molecule has 6 unspecified atom stereocenters. The highest BCUT2D eigenvalue weighted by Crippen LogP contribution is 2.62. The van der Waals surface area contributed by atoms with Crippen LogP contribution in [0.15, 0.2) is 120 Å². The number of amides is 2. The van der Waals surface area contributed by atoms with Crippen LogP contribution in [0.5, 0.6) is 11.5 Å². The summed E-state index contributed by atoms with van der Waals surface area (Å²) in [6, 6.07) is 24.7. The van der Waals surface area contributed by atoms with E-state index >= 15 is 4.79 Å². The van der Waals surface area contributed by atoms with Crippen LogP contribution in [0.4, 0.5) is 10.5 Å². The molecule has 1 aliphatic heterocycles.